The predicted octanol–water partition coefficient (Wildman–Crippen LogP) is 2.29. The van der Waals surface area contributed by atoms with Gasteiger partial charge in [0.1, 0.15) is 5.82 Å². The molecular weight excluding hydrogens is 378 g/mol. The number of carbonyl (C=O) groups is 1. The minimum absolute atomic E-state index is 0. The van der Waals surface area contributed by atoms with Crippen LogP contribution in [0.2, 0.25) is 0 Å². The molecule has 1 amide bonds. The van der Waals surface area contributed by atoms with E-state index in [2.05, 4.69) is 34.3 Å². The highest BCUT2D eigenvalue weighted by molar-refractivity contribution is 5.85. The van der Waals surface area contributed by atoms with Gasteiger partial charge in [0.25, 0.3) is 0 Å². The number of nitrogens with zero attached hydrogens (tertiary/aromatic N) is 2. The fraction of sp³-hybridized carbons (Fsp3) is 0.611. The number of nitrogens with one attached hydrogen (secondary N) is 2. The molecule has 1 heterocycles. The van der Waals surface area contributed by atoms with Crippen molar-refractivity contribution in [1.82, 2.24) is 15.5 Å². The fourth-order valence-corrected chi connectivity index (χ4v) is 3.01. The average Bonchev–Trinajstić information content (AvgIpc) is 2.60. The highest BCUT2D eigenvalue weighted by atomic mass is 35.5. The Morgan fingerprint density at radius 1 is 1.12 bits per heavy atom. The number of hydrogen-bond acceptors (Lipinski definition) is 4. The Kier molecular flexibility index (Phi) is 11.8. The quantitative estimate of drug-likeness (QED) is 0.726. The number of hydrogen-bond donors (Lipinski definition) is 2. The summed E-state index contributed by atoms with van der Waals surface area (Å²) in [6.45, 7) is 11.0. The van der Waals surface area contributed by atoms with Crippen molar-refractivity contribution in [3.63, 3.8) is 0 Å². The largest absolute Gasteiger partial charge is 0.369 e. The zero-order valence-corrected chi connectivity index (χ0v) is 17.3. The molecule has 1 unspecified atom stereocenters. The Morgan fingerprint density at radius 2 is 1.69 bits per heavy atom. The van der Waals surface area contributed by atoms with Crippen molar-refractivity contribution in [1.29, 1.82) is 0 Å². The van der Waals surface area contributed by atoms with Crippen molar-refractivity contribution in [3.05, 3.63) is 30.1 Å². The van der Waals surface area contributed by atoms with Gasteiger partial charge in [0, 0.05) is 44.5 Å². The van der Waals surface area contributed by atoms with Crippen molar-refractivity contribution in [2.45, 2.75) is 32.9 Å². The molecular formula is C18H31Cl2FN4O. The minimum atomic E-state index is -0.213. The van der Waals surface area contributed by atoms with E-state index in [1.54, 1.807) is 0 Å². The third kappa shape index (κ3) is 7.27. The van der Waals surface area contributed by atoms with E-state index in [9.17, 15) is 9.18 Å². The molecule has 0 radical (unpaired) electrons. The summed E-state index contributed by atoms with van der Waals surface area (Å²) in [6, 6.07) is 6.75. The second-order valence-electron chi connectivity index (χ2n) is 6.38. The van der Waals surface area contributed by atoms with Crippen LogP contribution in [0.25, 0.3) is 0 Å². The summed E-state index contributed by atoms with van der Waals surface area (Å²) in [4.78, 5) is 16.7. The van der Waals surface area contributed by atoms with Crippen LogP contribution in [0.5, 0.6) is 0 Å². The second-order valence-corrected chi connectivity index (χ2v) is 6.38. The third-order valence-corrected chi connectivity index (χ3v) is 4.57. The lowest BCUT2D eigenvalue weighted by Gasteiger charge is -2.38. The normalized spacial score (nSPS) is 16.8. The maximum atomic E-state index is 13.0. The predicted molar refractivity (Wildman–Crippen MR) is 110 cm³/mol. The number of rotatable bonds is 7. The molecule has 2 rings (SSSR count). The molecule has 1 fully saturated rings. The molecule has 150 valence electrons. The minimum Gasteiger partial charge on any atom is -0.369 e. The molecule has 5 nitrogen and oxygen atoms in total. The van der Waals surface area contributed by atoms with Gasteiger partial charge in [0.05, 0.1) is 6.04 Å². The van der Waals surface area contributed by atoms with Crippen molar-refractivity contribution in [2.24, 2.45) is 0 Å². The first-order valence-corrected chi connectivity index (χ1v) is 8.77. The molecule has 1 aliphatic rings. The Hall–Kier alpha value is -1.08. The lowest BCUT2D eigenvalue weighted by molar-refractivity contribution is -0.126. The maximum Gasteiger partial charge on any atom is 0.237 e. The van der Waals surface area contributed by atoms with E-state index in [0.717, 1.165) is 38.4 Å². The second kappa shape index (κ2) is 12.3. The highest BCUT2D eigenvalue weighted by Crippen LogP contribution is 2.17. The molecule has 0 aliphatic carbocycles. The van der Waals surface area contributed by atoms with Crippen molar-refractivity contribution < 1.29 is 9.18 Å². The summed E-state index contributed by atoms with van der Waals surface area (Å²) in [5.74, 6) is -0.135. The number of piperazine rings is 1. The van der Waals surface area contributed by atoms with Crippen molar-refractivity contribution in [3.8, 4) is 0 Å². The first-order valence-electron chi connectivity index (χ1n) is 8.77. The zero-order chi connectivity index (χ0) is 17.5. The Balaban J connectivity index is 0.00000312. The molecule has 0 spiro atoms. The zero-order valence-electron chi connectivity index (χ0n) is 15.7. The van der Waals surface area contributed by atoms with E-state index in [1.807, 2.05) is 19.1 Å². The van der Waals surface area contributed by atoms with E-state index < -0.39 is 0 Å². The van der Waals surface area contributed by atoms with E-state index >= 15 is 0 Å². The van der Waals surface area contributed by atoms with Crippen LogP contribution >= 0.6 is 24.8 Å². The molecule has 26 heavy (non-hydrogen) atoms. The summed E-state index contributed by atoms with van der Waals surface area (Å²) in [7, 11) is 0. The molecule has 1 aromatic carbocycles. The molecule has 2 N–H and O–H groups in total. The summed E-state index contributed by atoms with van der Waals surface area (Å²) in [6.07, 6.45) is 0. The molecule has 1 aromatic rings. The SMILES string of the molecule is CCN[C@H](C)CNC(=O)C(C)N1CCN(c2ccc(F)cc2)CC1.Cl.Cl. The van der Waals surface area contributed by atoms with Crippen LogP contribution in [-0.4, -0.2) is 62.2 Å². The van der Waals surface area contributed by atoms with Crippen LogP contribution < -0.4 is 15.5 Å². The number of halogens is 3. The van der Waals surface area contributed by atoms with E-state index in [1.165, 1.54) is 12.1 Å². The van der Waals surface area contributed by atoms with Gasteiger partial charge in [-0.25, -0.2) is 4.39 Å². The average molecular weight is 409 g/mol. The monoisotopic (exact) mass is 408 g/mol. The lowest BCUT2D eigenvalue weighted by atomic mass is 10.2. The summed E-state index contributed by atoms with van der Waals surface area (Å²) < 4.78 is 13.0. The Morgan fingerprint density at radius 3 is 2.23 bits per heavy atom. The van der Waals surface area contributed by atoms with Gasteiger partial charge >= 0.3 is 0 Å². The standard InChI is InChI=1S/C18H29FN4O.2ClH/c1-4-20-14(2)13-21-18(24)15(3)22-9-11-23(12-10-22)17-7-5-16(19)6-8-17;;/h5-8,14-15,20H,4,9-13H2,1-3H3,(H,21,24);2*1H/t14-,15?;;/m1../s1. The van der Waals surface area contributed by atoms with Crippen LogP contribution in [0, 0.1) is 5.82 Å². The summed E-state index contributed by atoms with van der Waals surface area (Å²) in [5.41, 5.74) is 1.03. The maximum absolute atomic E-state index is 13.0. The molecule has 1 saturated heterocycles. The number of amides is 1. The van der Waals surface area contributed by atoms with Crippen molar-refractivity contribution >= 4 is 36.4 Å². The van der Waals surface area contributed by atoms with Gasteiger partial charge in [-0.05, 0) is 44.7 Å². The smallest absolute Gasteiger partial charge is 0.237 e. The highest BCUT2D eigenvalue weighted by Gasteiger charge is 2.25. The van der Waals surface area contributed by atoms with Crippen LogP contribution in [0.3, 0.4) is 0 Å². The molecule has 1 aliphatic heterocycles. The first-order chi connectivity index (χ1) is 11.5. The number of carbonyl (C=O) groups excluding carboxylic acids is 1. The van der Waals surface area contributed by atoms with Crippen LogP contribution in [0.4, 0.5) is 10.1 Å². The number of benzene rings is 1. The molecule has 0 saturated carbocycles. The van der Waals surface area contributed by atoms with E-state index in [0.29, 0.717) is 6.54 Å². The first kappa shape index (κ1) is 24.9. The molecule has 0 aromatic heterocycles. The number of likely N-dealkylation sites (N-methyl/N-ethyl adjacent to an activating group) is 1. The van der Waals surface area contributed by atoms with Gasteiger partial charge in [-0.15, -0.1) is 24.8 Å². The Labute approximate surface area is 168 Å². The number of anilines is 1. The fourth-order valence-electron chi connectivity index (χ4n) is 3.01. The Bertz CT molecular complexity index is 524. The molecule has 0 bridgehead atoms. The van der Waals surface area contributed by atoms with Gasteiger partial charge in [-0.1, -0.05) is 6.92 Å². The van der Waals surface area contributed by atoms with Gasteiger partial charge in [0.2, 0.25) is 5.91 Å². The summed E-state index contributed by atoms with van der Waals surface area (Å²) >= 11 is 0. The van der Waals surface area contributed by atoms with E-state index in [-0.39, 0.29) is 48.6 Å². The van der Waals surface area contributed by atoms with Gasteiger partial charge in [0.15, 0.2) is 0 Å². The van der Waals surface area contributed by atoms with Crippen LogP contribution in [0.15, 0.2) is 24.3 Å². The lowest BCUT2D eigenvalue weighted by Crippen LogP contribution is -2.54. The molecule has 2 atom stereocenters. The van der Waals surface area contributed by atoms with Crippen LogP contribution in [-0.2, 0) is 4.79 Å². The topological polar surface area (TPSA) is 47.6 Å². The van der Waals surface area contributed by atoms with Gasteiger partial charge in [-0.2, -0.15) is 0 Å². The van der Waals surface area contributed by atoms with Crippen LogP contribution in [0.1, 0.15) is 20.8 Å². The van der Waals surface area contributed by atoms with Crippen molar-refractivity contribution in [2.75, 3.05) is 44.2 Å². The summed E-state index contributed by atoms with van der Waals surface area (Å²) in [5, 5.41) is 6.30. The molecule has 8 heteroatoms. The van der Waals surface area contributed by atoms with Gasteiger partial charge in [-0.3, -0.25) is 9.69 Å². The van der Waals surface area contributed by atoms with Gasteiger partial charge < -0.3 is 15.5 Å². The van der Waals surface area contributed by atoms with E-state index in [4.69, 9.17) is 0 Å². The third-order valence-electron chi connectivity index (χ3n) is 4.57.